The highest BCUT2D eigenvalue weighted by molar-refractivity contribution is 4.87. The largest absolute Gasteiger partial charge is 0.393 e. The average Bonchev–Trinajstić information content (AvgIpc) is 2.75. The molecule has 0 spiro atoms. The minimum absolute atomic E-state index is 0.000773. The fraction of sp³-hybridized carbons (Fsp3) is 1.00. The van der Waals surface area contributed by atoms with Crippen molar-refractivity contribution in [2.45, 2.75) is 109 Å². The Morgan fingerprint density at radius 1 is 0.464 bits per heavy atom. The predicted molar refractivity (Wildman–Crippen MR) is 113 cm³/mol. The minimum Gasteiger partial charge on any atom is -0.393 e. The zero-order valence-corrected chi connectivity index (χ0v) is 17.9. The lowest BCUT2D eigenvalue weighted by Gasteiger charge is -2.42. The molecule has 0 radical (unpaired) electrons. The second kappa shape index (κ2) is 10.3. The maximum Gasteiger partial charge on any atom is 0.0847 e. The van der Waals surface area contributed by atoms with E-state index in [1.807, 2.05) is 0 Å². The van der Waals surface area contributed by atoms with E-state index in [9.17, 15) is 5.11 Å². The number of hydrogen-bond donors (Lipinski definition) is 2. The van der Waals surface area contributed by atoms with Crippen molar-refractivity contribution in [3.8, 4) is 0 Å². The summed E-state index contributed by atoms with van der Waals surface area (Å²) in [5.74, 6) is 6.46. The SMILES string of the molecule is OOCC1CCC(C2CCC(C3CCC(C4CCC(O)CC4)CC3)CC2)CC1. The van der Waals surface area contributed by atoms with Gasteiger partial charge in [-0.05, 0) is 144 Å². The van der Waals surface area contributed by atoms with Crippen LogP contribution in [0.3, 0.4) is 0 Å². The standard InChI is InChI=1S/C25H44O3/c26-25-15-13-24(14-16-25)23-11-9-22(10-12-23)21-7-5-20(6-8-21)19-3-1-18(2-4-19)17-28-27/h18-27H,1-17H2. The first-order chi connectivity index (χ1) is 13.7. The number of rotatable bonds is 5. The van der Waals surface area contributed by atoms with Crippen molar-refractivity contribution in [3.05, 3.63) is 0 Å². The second-order valence-electron chi connectivity index (χ2n) is 11.0. The first-order valence-corrected chi connectivity index (χ1v) is 12.7. The van der Waals surface area contributed by atoms with Gasteiger partial charge in [-0.25, -0.2) is 4.89 Å². The normalized spacial score (nSPS) is 45.6. The van der Waals surface area contributed by atoms with Gasteiger partial charge in [0.2, 0.25) is 0 Å². The van der Waals surface area contributed by atoms with E-state index in [2.05, 4.69) is 4.89 Å². The molecule has 0 aromatic rings. The van der Waals surface area contributed by atoms with E-state index in [4.69, 9.17) is 5.26 Å². The summed E-state index contributed by atoms with van der Waals surface area (Å²) in [6.07, 6.45) is 21.8. The Labute approximate surface area is 172 Å². The number of aliphatic hydroxyl groups excluding tert-OH is 1. The maximum absolute atomic E-state index is 9.77. The zero-order valence-electron chi connectivity index (χ0n) is 17.9. The van der Waals surface area contributed by atoms with Crippen molar-refractivity contribution >= 4 is 0 Å². The molecule has 0 bridgehead atoms. The Kier molecular flexibility index (Phi) is 7.74. The van der Waals surface area contributed by atoms with Crippen molar-refractivity contribution in [1.29, 1.82) is 0 Å². The van der Waals surface area contributed by atoms with Crippen molar-refractivity contribution in [2.24, 2.45) is 41.4 Å². The van der Waals surface area contributed by atoms with E-state index >= 15 is 0 Å². The topological polar surface area (TPSA) is 49.7 Å². The highest BCUT2D eigenvalue weighted by Gasteiger charge is 2.36. The Morgan fingerprint density at radius 2 is 0.750 bits per heavy atom. The Balaban J connectivity index is 1.15. The lowest BCUT2D eigenvalue weighted by atomic mass is 9.63. The van der Waals surface area contributed by atoms with Crippen LogP contribution in [0.5, 0.6) is 0 Å². The Morgan fingerprint density at radius 3 is 1.07 bits per heavy atom. The molecule has 0 unspecified atom stereocenters. The summed E-state index contributed by atoms with van der Waals surface area (Å²) in [4.78, 5) is 4.38. The van der Waals surface area contributed by atoms with E-state index in [1.165, 1.54) is 89.9 Å². The third-order valence-corrected chi connectivity index (χ3v) is 9.58. The number of hydrogen-bond acceptors (Lipinski definition) is 3. The fourth-order valence-corrected chi connectivity index (χ4v) is 7.68. The summed E-state index contributed by atoms with van der Waals surface area (Å²) in [5.41, 5.74) is 0. The summed E-state index contributed by atoms with van der Waals surface area (Å²) >= 11 is 0. The molecule has 4 saturated carbocycles. The molecular formula is C25H44O3. The molecule has 4 aliphatic carbocycles. The van der Waals surface area contributed by atoms with Gasteiger partial charge in [-0.2, -0.15) is 0 Å². The van der Waals surface area contributed by atoms with E-state index in [0.29, 0.717) is 12.5 Å². The van der Waals surface area contributed by atoms with Gasteiger partial charge in [-0.15, -0.1) is 0 Å². The quantitative estimate of drug-likeness (QED) is 0.418. The molecule has 4 rings (SSSR count). The molecule has 0 aromatic heterocycles. The fourth-order valence-electron chi connectivity index (χ4n) is 7.68. The third-order valence-electron chi connectivity index (χ3n) is 9.58. The molecule has 0 aromatic carbocycles. The Bertz CT molecular complexity index is 435. The van der Waals surface area contributed by atoms with Crippen LogP contribution >= 0.6 is 0 Å². The first-order valence-electron chi connectivity index (χ1n) is 12.7. The lowest BCUT2D eigenvalue weighted by molar-refractivity contribution is -0.252. The predicted octanol–water partition coefficient (Wildman–Crippen LogP) is 6.45. The van der Waals surface area contributed by atoms with Crippen LogP contribution in [0.4, 0.5) is 0 Å². The molecule has 0 heterocycles. The van der Waals surface area contributed by atoms with Crippen molar-refractivity contribution in [2.75, 3.05) is 6.61 Å². The molecule has 28 heavy (non-hydrogen) atoms. The van der Waals surface area contributed by atoms with Crippen LogP contribution in [0.15, 0.2) is 0 Å². The molecule has 2 N–H and O–H groups in total. The van der Waals surface area contributed by atoms with Crippen LogP contribution in [0.1, 0.15) is 103 Å². The molecule has 4 aliphatic rings. The summed E-state index contributed by atoms with van der Waals surface area (Å²) < 4.78 is 0. The molecule has 3 heteroatoms. The van der Waals surface area contributed by atoms with Crippen LogP contribution in [-0.2, 0) is 4.89 Å². The molecule has 0 saturated heterocycles. The molecule has 162 valence electrons. The van der Waals surface area contributed by atoms with Crippen LogP contribution in [0, 0.1) is 41.4 Å². The van der Waals surface area contributed by atoms with Gasteiger partial charge >= 0.3 is 0 Å². The molecule has 4 fully saturated rings. The second-order valence-corrected chi connectivity index (χ2v) is 11.0. The van der Waals surface area contributed by atoms with E-state index in [0.717, 1.165) is 48.3 Å². The summed E-state index contributed by atoms with van der Waals surface area (Å²) in [6, 6.07) is 0. The van der Waals surface area contributed by atoms with E-state index in [1.54, 1.807) is 0 Å². The van der Waals surface area contributed by atoms with Gasteiger partial charge in [0.05, 0.1) is 12.7 Å². The van der Waals surface area contributed by atoms with Crippen molar-refractivity contribution < 1.29 is 15.3 Å². The summed E-state index contributed by atoms with van der Waals surface area (Å²) in [6.45, 7) is 0.545. The smallest absolute Gasteiger partial charge is 0.0847 e. The third kappa shape index (κ3) is 5.32. The van der Waals surface area contributed by atoms with Gasteiger partial charge in [0.25, 0.3) is 0 Å². The summed E-state index contributed by atoms with van der Waals surface area (Å²) in [5, 5.41) is 18.5. The van der Waals surface area contributed by atoms with Gasteiger partial charge in [0.1, 0.15) is 0 Å². The van der Waals surface area contributed by atoms with Gasteiger partial charge in [0, 0.05) is 0 Å². The van der Waals surface area contributed by atoms with E-state index in [-0.39, 0.29) is 6.10 Å². The van der Waals surface area contributed by atoms with Crippen LogP contribution in [0.25, 0.3) is 0 Å². The van der Waals surface area contributed by atoms with Gasteiger partial charge < -0.3 is 5.11 Å². The maximum atomic E-state index is 9.77. The van der Waals surface area contributed by atoms with Crippen molar-refractivity contribution in [1.82, 2.24) is 0 Å². The first kappa shape index (κ1) is 21.1. The molecule has 0 aliphatic heterocycles. The highest BCUT2D eigenvalue weighted by Crippen LogP contribution is 2.47. The molecular weight excluding hydrogens is 348 g/mol. The molecule has 0 atom stereocenters. The van der Waals surface area contributed by atoms with Gasteiger partial charge in [0.15, 0.2) is 0 Å². The van der Waals surface area contributed by atoms with Crippen molar-refractivity contribution in [3.63, 3.8) is 0 Å². The molecule has 3 nitrogen and oxygen atoms in total. The van der Waals surface area contributed by atoms with Gasteiger partial charge in [-0.3, -0.25) is 5.26 Å². The minimum atomic E-state index is 0.000773. The number of aliphatic hydroxyl groups is 1. The monoisotopic (exact) mass is 392 g/mol. The summed E-state index contributed by atoms with van der Waals surface area (Å²) in [7, 11) is 0. The highest BCUT2D eigenvalue weighted by atomic mass is 17.1. The van der Waals surface area contributed by atoms with Crippen LogP contribution in [-0.4, -0.2) is 23.1 Å². The van der Waals surface area contributed by atoms with E-state index < -0.39 is 0 Å². The van der Waals surface area contributed by atoms with Crippen LogP contribution in [0.2, 0.25) is 0 Å². The molecule has 0 amide bonds. The average molecular weight is 393 g/mol. The van der Waals surface area contributed by atoms with Gasteiger partial charge in [-0.1, -0.05) is 0 Å². The van der Waals surface area contributed by atoms with Crippen LogP contribution < -0.4 is 0 Å². The lowest BCUT2D eigenvalue weighted by Crippen LogP contribution is -2.32. The Hall–Kier alpha value is -0.120. The zero-order chi connectivity index (χ0) is 19.3.